The number of carbonyl (C=O) groups excluding carboxylic acids is 1. The van der Waals surface area contributed by atoms with E-state index >= 15 is 0 Å². The number of amides is 1. The first-order valence-electron chi connectivity index (χ1n) is 6.30. The maximum Gasteiger partial charge on any atom is 0.268 e. The van der Waals surface area contributed by atoms with Gasteiger partial charge in [-0.1, -0.05) is 13.8 Å². The Morgan fingerprint density at radius 1 is 1.41 bits per heavy atom. The minimum absolute atomic E-state index is 0.0361. The molecular weight excluding hydrogens is 214 g/mol. The van der Waals surface area contributed by atoms with Gasteiger partial charge in [0.05, 0.1) is 5.54 Å². The third kappa shape index (κ3) is 2.88. The van der Waals surface area contributed by atoms with E-state index in [0.717, 1.165) is 19.4 Å². The minimum Gasteiger partial charge on any atom is -0.344 e. The van der Waals surface area contributed by atoms with Crippen molar-refractivity contribution in [3.63, 3.8) is 0 Å². The van der Waals surface area contributed by atoms with Crippen LogP contribution < -0.4 is 11.1 Å². The van der Waals surface area contributed by atoms with Gasteiger partial charge in [-0.05, 0) is 31.9 Å². The fraction of sp³-hybridized carbons (Fsp3) is 0.615. The first-order chi connectivity index (χ1) is 8.12. The molecule has 96 valence electrons. The molecule has 0 atom stereocenters. The largest absolute Gasteiger partial charge is 0.344 e. The van der Waals surface area contributed by atoms with E-state index in [9.17, 15) is 4.79 Å². The first kappa shape index (κ1) is 13.8. The monoisotopic (exact) mass is 237 g/mol. The highest BCUT2D eigenvalue weighted by Crippen LogP contribution is 2.14. The summed E-state index contributed by atoms with van der Waals surface area (Å²) in [5.74, 6) is -0.0361. The summed E-state index contributed by atoms with van der Waals surface area (Å²) in [4.78, 5) is 12.2. The Labute approximate surface area is 103 Å². The zero-order chi connectivity index (χ0) is 12.9. The van der Waals surface area contributed by atoms with E-state index < -0.39 is 0 Å². The second-order valence-electron chi connectivity index (χ2n) is 4.33. The molecule has 0 aromatic carbocycles. The van der Waals surface area contributed by atoms with Crippen molar-refractivity contribution in [3.05, 3.63) is 24.0 Å². The Balaban J connectivity index is 2.84. The molecule has 0 unspecified atom stereocenters. The smallest absolute Gasteiger partial charge is 0.268 e. The number of nitrogens with one attached hydrogen (secondary N) is 1. The molecule has 0 bridgehead atoms. The number of nitrogens with two attached hydrogens (primary N) is 1. The van der Waals surface area contributed by atoms with Crippen molar-refractivity contribution < 1.29 is 4.79 Å². The highest BCUT2D eigenvalue weighted by molar-refractivity contribution is 5.93. The van der Waals surface area contributed by atoms with E-state index in [-0.39, 0.29) is 11.4 Å². The lowest BCUT2D eigenvalue weighted by Gasteiger charge is -2.31. The zero-order valence-corrected chi connectivity index (χ0v) is 11.0. The Morgan fingerprint density at radius 3 is 2.53 bits per heavy atom. The van der Waals surface area contributed by atoms with Gasteiger partial charge in [0, 0.05) is 19.3 Å². The molecule has 1 aromatic heterocycles. The molecule has 1 rings (SSSR count). The average Bonchev–Trinajstić information content (AvgIpc) is 2.84. The average molecular weight is 237 g/mol. The molecule has 4 nitrogen and oxygen atoms in total. The lowest BCUT2D eigenvalue weighted by atomic mass is 9.93. The number of aryl methyl sites for hydroxylation is 1. The lowest BCUT2D eigenvalue weighted by molar-refractivity contribution is 0.0886. The zero-order valence-electron chi connectivity index (χ0n) is 11.0. The van der Waals surface area contributed by atoms with Crippen molar-refractivity contribution in [1.82, 2.24) is 9.88 Å². The van der Waals surface area contributed by atoms with Crippen LogP contribution in [0, 0.1) is 0 Å². The molecule has 0 saturated carbocycles. The van der Waals surface area contributed by atoms with Gasteiger partial charge in [-0.25, -0.2) is 0 Å². The van der Waals surface area contributed by atoms with Crippen LogP contribution in [0.4, 0.5) is 0 Å². The van der Waals surface area contributed by atoms with Crippen LogP contribution in [0.25, 0.3) is 0 Å². The van der Waals surface area contributed by atoms with Crippen molar-refractivity contribution in [3.8, 4) is 0 Å². The van der Waals surface area contributed by atoms with Gasteiger partial charge in [-0.3, -0.25) is 4.79 Å². The number of aromatic nitrogens is 1. The van der Waals surface area contributed by atoms with Crippen molar-refractivity contribution in [1.29, 1.82) is 0 Å². The van der Waals surface area contributed by atoms with Gasteiger partial charge in [-0.2, -0.15) is 0 Å². The molecule has 0 aliphatic heterocycles. The fourth-order valence-electron chi connectivity index (χ4n) is 1.97. The Kier molecular flexibility index (Phi) is 4.75. The third-order valence-corrected chi connectivity index (χ3v) is 3.53. The van der Waals surface area contributed by atoms with Gasteiger partial charge in [0.25, 0.3) is 5.91 Å². The van der Waals surface area contributed by atoms with Gasteiger partial charge in [0.15, 0.2) is 0 Å². The van der Waals surface area contributed by atoms with Crippen molar-refractivity contribution in [2.45, 2.75) is 45.7 Å². The van der Waals surface area contributed by atoms with E-state index in [4.69, 9.17) is 5.73 Å². The molecule has 3 N–H and O–H groups in total. The third-order valence-electron chi connectivity index (χ3n) is 3.53. The number of nitrogens with zero attached hydrogens (tertiary/aromatic N) is 1. The molecule has 0 fully saturated rings. The SMILES string of the molecule is CCn1cccc1C(=O)NC(CC)(CC)CN. The second kappa shape index (κ2) is 5.87. The van der Waals surface area contributed by atoms with Gasteiger partial charge in [0.1, 0.15) is 5.69 Å². The van der Waals surface area contributed by atoms with E-state index in [1.54, 1.807) is 0 Å². The summed E-state index contributed by atoms with van der Waals surface area (Å²) in [5, 5.41) is 3.07. The summed E-state index contributed by atoms with van der Waals surface area (Å²) >= 11 is 0. The van der Waals surface area contributed by atoms with Crippen LogP contribution in [0.2, 0.25) is 0 Å². The number of rotatable bonds is 6. The molecule has 1 aromatic rings. The highest BCUT2D eigenvalue weighted by Gasteiger charge is 2.27. The molecule has 0 spiro atoms. The number of carbonyl (C=O) groups is 1. The van der Waals surface area contributed by atoms with Gasteiger partial charge >= 0.3 is 0 Å². The molecule has 4 heteroatoms. The van der Waals surface area contributed by atoms with E-state index in [0.29, 0.717) is 12.2 Å². The molecular formula is C13H23N3O. The molecule has 0 aliphatic rings. The summed E-state index contributed by atoms with van der Waals surface area (Å²) in [6.07, 6.45) is 3.61. The predicted octanol–water partition coefficient (Wildman–Crippen LogP) is 1.76. The highest BCUT2D eigenvalue weighted by atomic mass is 16.2. The summed E-state index contributed by atoms with van der Waals surface area (Å²) < 4.78 is 1.93. The van der Waals surface area contributed by atoms with Crippen LogP contribution >= 0.6 is 0 Å². The number of hydrogen-bond acceptors (Lipinski definition) is 2. The molecule has 1 heterocycles. The molecule has 0 aliphatic carbocycles. The van der Waals surface area contributed by atoms with Crippen molar-refractivity contribution in [2.75, 3.05) is 6.54 Å². The molecule has 1 amide bonds. The van der Waals surface area contributed by atoms with E-state index in [1.807, 2.05) is 29.8 Å². The van der Waals surface area contributed by atoms with Crippen LogP contribution in [0.1, 0.15) is 44.1 Å². The van der Waals surface area contributed by atoms with E-state index in [1.165, 1.54) is 0 Å². The Bertz CT molecular complexity index is 358. The Morgan fingerprint density at radius 2 is 2.06 bits per heavy atom. The molecule has 17 heavy (non-hydrogen) atoms. The standard InChI is InChI=1S/C13H23N3O/c1-4-13(5-2,10-14)15-12(17)11-8-7-9-16(11)6-3/h7-9H,4-6,10,14H2,1-3H3,(H,15,17). The lowest BCUT2D eigenvalue weighted by Crippen LogP contribution is -2.53. The van der Waals surface area contributed by atoms with Gasteiger partial charge < -0.3 is 15.6 Å². The maximum absolute atomic E-state index is 12.2. The quantitative estimate of drug-likeness (QED) is 0.792. The minimum atomic E-state index is -0.278. The van der Waals surface area contributed by atoms with Crippen LogP contribution in [-0.2, 0) is 6.54 Å². The van der Waals surface area contributed by atoms with E-state index in [2.05, 4.69) is 19.2 Å². The second-order valence-corrected chi connectivity index (χ2v) is 4.33. The Hall–Kier alpha value is -1.29. The predicted molar refractivity (Wildman–Crippen MR) is 69.9 cm³/mol. The topological polar surface area (TPSA) is 60.0 Å². The summed E-state index contributed by atoms with van der Waals surface area (Å²) in [7, 11) is 0. The van der Waals surface area contributed by atoms with Gasteiger partial charge in [0.2, 0.25) is 0 Å². The van der Waals surface area contributed by atoms with Crippen molar-refractivity contribution >= 4 is 5.91 Å². The fourth-order valence-corrected chi connectivity index (χ4v) is 1.97. The maximum atomic E-state index is 12.2. The number of hydrogen-bond donors (Lipinski definition) is 2. The van der Waals surface area contributed by atoms with Crippen LogP contribution in [0.5, 0.6) is 0 Å². The summed E-state index contributed by atoms with van der Waals surface area (Å²) in [6.45, 7) is 7.39. The summed E-state index contributed by atoms with van der Waals surface area (Å²) in [5.41, 5.74) is 6.20. The summed E-state index contributed by atoms with van der Waals surface area (Å²) in [6, 6.07) is 3.73. The van der Waals surface area contributed by atoms with Crippen LogP contribution in [-0.4, -0.2) is 22.6 Å². The van der Waals surface area contributed by atoms with Crippen molar-refractivity contribution in [2.24, 2.45) is 5.73 Å². The normalized spacial score (nSPS) is 11.5. The first-order valence-corrected chi connectivity index (χ1v) is 6.30. The van der Waals surface area contributed by atoms with Crippen LogP contribution in [0.3, 0.4) is 0 Å². The van der Waals surface area contributed by atoms with Gasteiger partial charge in [-0.15, -0.1) is 0 Å². The molecule has 0 saturated heterocycles. The van der Waals surface area contributed by atoms with Crippen LogP contribution in [0.15, 0.2) is 18.3 Å². The molecule has 0 radical (unpaired) electrons.